The molecule has 0 fully saturated rings. The molecule has 0 aromatic rings. The summed E-state index contributed by atoms with van der Waals surface area (Å²) in [7, 11) is 0. The molecule has 94 valence electrons. The van der Waals surface area contributed by atoms with Crippen molar-refractivity contribution >= 4 is 5.71 Å². The average molecular weight is 240 g/mol. The van der Waals surface area contributed by atoms with E-state index in [0.29, 0.717) is 5.71 Å². The van der Waals surface area contributed by atoms with Gasteiger partial charge in [0.05, 0.1) is 5.71 Å². The molecular weight excluding hydrogens is 220 g/mol. The molecule has 1 rings (SSSR count). The largest absolute Gasteiger partial charge is 0.405 e. The van der Waals surface area contributed by atoms with E-state index in [1.807, 2.05) is 44.2 Å². The van der Waals surface area contributed by atoms with Gasteiger partial charge in [0.15, 0.2) is 0 Å². The lowest BCUT2D eigenvalue weighted by Gasteiger charge is -2.07. The Morgan fingerprint density at radius 2 is 2.00 bits per heavy atom. The van der Waals surface area contributed by atoms with E-state index in [1.165, 1.54) is 5.57 Å². The van der Waals surface area contributed by atoms with Crippen molar-refractivity contribution in [2.24, 2.45) is 5.73 Å². The van der Waals surface area contributed by atoms with E-state index in [1.54, 1.807) is 12.3 Å². The fourth-order valence-corrected chi connectivity index (χ4v) is 1.64. The van der Waals surface area contributed by atoms with Crippen LogP contribution in [0.3, 0.4) is 0 Å². The molecule has 0 radical (unpaired) electrons. The second kappa shape index (κ2) is 7.28. The fraction of sp³-hybridized carbons (Fsp3) is 0.188. The van der Waals surface area contributed by atoms with Gasteiger partial charge in [0.2, 0.25) is 0 Å². The van der Waals surface area contributed by atoms with Crippen LogP contribution in [0.15, 0.2) is 71.5 Å². The molecule has 0 unspecified atom stereocenters. The maximum absolute atomic E-state index is 7.85. The SMILES string of the molecule is C\C=C(/C=C\C(C)=C1/C=CC=CC1=N)C/C=C\N. The Labute approximate surface area is 109 Å². The minimum Gasteiger partial charge on any atom is -0.405 e. The molecule has 0 amide bonds. The van der Waals surface area contributed by atoms with E-state index >= 15 is 0 Å². The highest BCUT2D eigenvalue weighted by Gasteiger charge is 2.03. The molecule has 0 aliphatic heterocycles. The quantitative estimate of drug-likeness (QED) is 0.721. The summed E-state index contributed by atoms with van der Waals surface area (Å²) in [5.41, 5.74) is 9.17. The molecular formula is C16H20N2. The van der Waals surface area contributed by atoms with Gasteiger partial charge in [-0.05, 0) is 43.7 Å². The van der Waals surface area contributed by atoms with Crippen LogP contribution >= 0.6 is 0 Å². The first-order valence-electron chi connectivity index (χ1n) is 6.03. The lowest BCUT2D eigenvalue weighted by atomic mass is 9.99. The van der Waals surface area contributed by atoms with Gasteiger partial charge < -0.3 is 11.1 Å². The molecule has 0 aromatic carbocycles. The summed E-state index contributed by atoms with van der Waals surface area (Å²) in [5.74, 6) is 0. The van der Waals surface area contributed by atoms with Crippen LogP contribution in [0.25, 0.3) is 0 Å². The molecule has 18 heavy (non-hydrogen) atoms. The molecule has 1 aliphatic rings. The van der Waals surface area contributed by atoms with Gasteiger partial charge in [0, 0.05) is 5.57 Å². The molecule has 0 atom stereocenters. The second-order valence-electron chi connectivity index (χ2n) is 4.06. The number of hydrogen-bond acceptors (Lipinski definition) is 2. The van der Waals surface area contributed by atoms with Crippen LogP contribution < -0.4 is 5.73 Å². The van der Waals surface area contributed by atoms with Gasteiger partial charge in [0.1, 0.15) is 0 Å². The molecule has 2 nitrogen and oxygen atoms in total. The second-order valence-corrected chi connectivity index (χ2v) is 4.06. The van der Waals surface area contributed by atoms with Crippen molar-refractivity contribution in [3.63, 3.8) is 0 Å². The molecule has 2 heteroatoms. The first-order valence-corrected chi connectivity index (χ1v) is 6.03. The highest BCUT2D eigenvalue weighted by Crippen LogP contribution is 2.15. The summed E-state index contributed by atoms with van der Waals surface area (Å²) in [4.78, 5) is 0. The third-order valence-corrected chi connectivity index (χ3v) is 2.76. The normalized spacial score (nSPS) is 19.2. The third-order valence-electron chi connectivity index (χ3n) is 2.76. The average Bonchev–Trinajstić information content (AvgIpc) is 2.39. The standard InChI is InChI=1S/C16H20N2/c1-3-14(7-6-12-17)11-10-13(2)15-8-4-5-9-16(15)18/h3-6,8-12,18H,7,17H2,1-2H3/b11-10-,12-6-,14-3-,15-13+,18-16?. The van der Waals surface area contributed by atoms with Crippen molar-refractivity contribution in [2.45, 2.75) is 20.3 Å². The van der Waals surface area contributed by atoms with Crippen molar-refractivity contribution < 1.29 is 0 Å². The lowest BCUT2D eigenvalue weighted by molar-refractivity contribution is 1.25. The van der Waals surface area contributed by atoms with E-state index in [0.717, 1.165) is 17.6 Å². The maximum atomic E-state index is 7.85. The fourth-order valence-electron chi connectivity index (χ4n) is 1.64. The lowest BCUT2D eigenvalue weighted by Crippen LogP contribution is -1.99. The molecule has 0 bridgehead atoms. The summed E-state index contributed by atoms with van der Waals surface area (Å²) < 4.78 is 0. The zero-order valence-corrected chi connectivity index (χ0v) is 11.0. The van der Waals surface area contributed by atoms with E-state index < -0.39 is 0 Å². The highest BCUT2D eigenvalue weighted by molar-refractivity contribution is 6.10. The Hall–Kier alpha value is -2.09. The van der Waals surface area contributed by atoms with Crippen molar-refractivity contribution in [3.05, 3.63) is 71.5 Å². The minimum absolute atomic E-state index is 0.559. The smallest absolute Gasteiger partial charge is 0.0614 e. The van der Waals surface area contributed by atoms with Crippen LogP contribution in [-0.4, -0.2) is 5.71 Å². The maximum Gasteiger partial charge on any atom is 0.0614 e. The minimum atomic E-state index is 0.559. The van der Waals surface area contributed by atoms with Gasteiger partial charge in [-0.1, -0.05) is 42.5 Å². The van der Waals surface area contributed by atoms with Crippen LogP contribution in [0.2, 0.25) is 0 Å². The van der Waals surface area contributed by atoms with Crippen LogP contribution in [0, 0.1) is 5.41 Å². The zero-order valence-electron chi connectivity index (χ0n) is 11.0. The van der Waals surface area contributed by atoms with E-state index in [4.69, 9.17) is 11.1 Å². The third kappa shape index (κ3) is 4.06. The van der Waals surface area contributed by atoms with Crippen molar-refractivity contribution in [2.75, 3.05) is 0 Å². The summed E-state index contributed by atoms with van der Waals surface area (Å²) in [5, 5.41) is 7.85. The van der Waals surface area contributed by atoms with Gasteiger partial charge in [0.25, 0.3) is 0 Å². The summed E-state index contributed by atoms with van der Waals surface area (Å²) in [6, 6.07) is 0. The van der Waals surface area contributed by atoms with Crippen molar-refractivity contribution in [1.29, 1.82) is 5.41 Å². The number of allylic oxidation sites excluding steroid dienone is 11. The molecule has 0 aromatic heterocycles. The Morgan fingerprint density at radius 3 is 2.61 bits per heavy atom. The van der Waals surface area contributed by atoms with Crippen LogP contribution in [0.1, 0.15) is 20.3 Å². The van der Waals surface area contributed by atoms with Gasteiger partial charge in [-0.3, -0.25) is 0 Å². The topological polar surface area (TPSA) is 49.9 Å². The summed E-state index contributed by atoms with van der Waals surface area (Å²) in [6.45, 7) is 4.04. The van der Waals surface area contributed by atoms with Gasteiger partial charge in [-0.25, -0.2) is 0 Å². The number of rotatable bonds is 4. The van der Waals surface area contributed by atoms with E-state index in [9.17, 15) is 0 Å². The summed E-state index contributed by atoms with van der Waals surface area (Å²) >= 11 is 0. The Morgan fingerprint density at radius 1 is 1.28 bits per heavy atom. The van der Waals surface area contributed by atoms with Crippen LogP contribution in [0.5, 0.6) is 0 Å². The Balaban J connectivity index is 2.83. The number of nitrogens with one attached hydrogen (secondary N) is 1. The number of hydrogen-bond donors (Lipinski definition) is 2. The van der Waals surface area contributed by atoms with Crippen LogP contribution in [-0.2, 0) is 0 Å². The molecule has 0 saturated carbocycles. The predicted molar refractivity (Wildman–Crippen MR) is 79.5 cm³/mol. The molecule has 1 aliphatic carbocycles. The van der Waals surface area contributed by atoms with Gasteiger partial charge in [-0.15, -0.1) is 0 Å². The Kier molecular flexibility index (Phi) is 5.65. The molecule has 3 N–H and O–H groups in total. The highest BCUT2D eigenvalue weighted by atomic mass is 14.5. The summed E-state index contributed by atoms with van der Waals surface area (Å²) in [6.07, 6.45) is 18.1. The predicted octanol–water partition coefficient (Wildman–Crippen LogP) is 3.81. The Bertz CT molecular complexity index is 483. The molecule has 0 saturated heterocycles. The number of nitrogens with two attached hydrogens (primary N) is 1. The van der Waals surface area contributed by atoms with E-state index in [2.05, 4.69) is 12.2 Å². The zero-order chi connectivity index (χ0) is 13.4. The van der Waals surface area contributed by atoms with Crippen molar-refractivity contribution in [1.82, 2.24) is 0 Å². The van der Waals surface area contributed by atoms with E-state index in [-0.39, 0.29) is 0 Å². The first-order chi connectivity index (χ1) is 8.69. The molecule has 0 spiro atoms. The van der Waals surface area contributed by atoms with Gasteiger partial charge >= 0.3 is 0 Å². The molecule has 0 heterocycles. The van der Waals surface area contributed by atoms with Crippen molar-refractivity contribution in [3.8, 4) is 0 Å². The monoisotopic (exact) mass is 240 g/mol. The van der Waals surface area contributed by atoms with Gasteiger partial charge in [-0.2, -0.15) is 0 Å². The van der Waals surface area contributed by atoms with Crippen LogP contribution in [0.4, 0.5) is 0 Å². The first kappa shape index (κ1) is 14.0.